The highest BCUT2D eigenvalue weighted by Crippen LogP contribution is 2.38. The van der Waals surface area contributed by atoms with Crippen LogP contribution in [0.2, 0.25) is 0 Å². The van der Waals surface area contributed by atoms with E-state index < -0.39 is 10.7 Å². The van der Waals surface area contributed by atoms with Crippen molar-refractivity contribution in [2.24, 2.45) is 0 Å². The van der Waals surface area contributed by atoms with Crippen LogP contribution in [0.1, 0.15) is 17.0 Å². The lowest BCUT2D eigenvalue weighted by atomic mass is 9.92. The predicted molar refractivity (Wildman–Crippen MR) is 98.2 cm³/mol. The highest BCUT2D eigenvalue weighted by molar-refractivity contribution is 9.10. The molecule has 1 aromatic heterocycles. The fourth-order valence-electron chi connectivity index (χ4n) is 2.58. The number of carboxylic acids is 1. The van der Waals surface area contributed by atoms with E-state index in [9.17, 15) is 9.90 Å². The quantitative estimate of drug-likeness (QED) is 0.621. The van der Waals surface area contributed by atoms with Crippen molar-refractivity contribution in [2.45, 2.75) is 11.7 Å². The molecule has 0 radical (unpaired) electrons. The van der Waals surface area contributed by atoms with Gasteiger partial charge >= 0.3 is 5.97 Å². The number of halogens is 1. The molecular weight excluding hydrogens is 390 g/mol. The fraction of sp³-hybridized carbons (Fsp3) is 0.111. The molecule has 1 unspecified atom stereocenters. The van der Waals surface area contributed by atoms with Crippen molar-refractivity contribution in [2.75, 3.05) is 0 Å². The molecule has 3 aromatic rings. The van der Waals surface area contributed by atoms with E-state index in [-0.39, 0.29) is 5.89 Å². The molecule has 2 aromatic carbocycles. The van der Waals surface area contributed by atoms with Crippen molar-refractivity contribution in [3.05, 3.63) is 76.4 Å². The van der Waals surface area contributed by atoms with Gasteiger partial charge in [-0.25, -0.2) is 9.78 Å². The SMILES string of the molecule is Cc1cc(C(S)(C(=O)O)c2ncco2)ccc1-c1ccc(Br)cc1. The first kappa shape index (κ1) is 16.8. The summed E-state index contributed by atoms with van der Waals surface area (Å²) in [5.41, 5.74) is 3.53. The highest BCUT2D eigenvalue weighted by atomic mass is 79.9. The first-order chi connectivity index (χ1) is 11.4. The third-order valence-electron chi connectivity index (χ3n) is 3.85. The summed E-state index contributed by atoms with van der Waals surface area (Å²) in [4.78, 5) is 15.8. The van der Waals surface area contributed by atoms with Gasteiger partial charge in [-0.1, -0.05) is 46.3 Å². The lowest BCUT2D eigenvalue weighted by molar-refractivity contribution is -0.139. The van der Waals surface area contributed by atoms with Crippen LogP contribution in [0.25, 0.3) is 11.1 Å². The first-order valence-electron chi connectivity index (χ1n) is 7.15. The maximum atomic E-state index is 11.8. The smallest absolute Gasteiger partial charge is 0.333 e. The molecule has 1 atom stereocenters. The predicted octanol–water partition coefficient (Wildman–Crippen LogP) is 4.67. The van der Waals surface area contributed by atoms with E-state index in [1.54, 1.807) is 6.07 Å². The van der Waals surface area contributed by atoms with Gasteiger partial charge in [0, 0.05) is 4.47 Å². The molecule has 0 saturated heterocycles. The van der Waals surface area contributed by atoms with Crippen molar-refractivity contribution in [3.63, 3.8) is 0 Å². The molecule has 0 spiro atoms. The number of rotatable bonds is 4. The minimum Gasteiger partial charge on any atom is -0.480 e. The number of hydrogen-bond donors (Lipinski definition) is 2. The van der Waals surface area contributed by atoms with Gasteiger partial charge < -0.3 is 9.52 Å². The average Bonchev–Trinajstić information content (AvgIpc) is 3.09. The Morgan fingerprint density at radius 3 is 2.50 bits per heavy atom. The molecule has 0 aliphatic carbocycles. The van der Waals surface area contributed by atoms with E-state index in [1.165, 1.54) is 12.5 Å². The molecule has 4 nitrogen and oxygen atoms in total. The van der Waals surface area contributed by atoms with Crippen LogP contribution in [-0.4, -0.2) is 16.1 Å². The molecule has 0 aliphatic heterocycles. The topological polar surface area (TPSA) is 63.3 Å². The molecule has 3 rings (SSSR count). The zero-order chi connectivity index (χ0) is 17.3. The number of thiol groups is 1. The summed E-state index contributed by atoms with van der Waals surface area (Å²) < 4.78 is 4.58. The Hall–Kier alpha value is -2.05. The van der Waals surface area contributed by atoms with E-state index in [0.29, 0.717) is 5.56 Å². The molecule has 1 heterocycles. The lowest BCUT2D eigenvalue weighted by Gasteiger charge is -2.22. The van der Waals surface area contributed by atoms with Gasteiger partial charge in [0.1, 0.15) is 6.26 Å². The first-order valence-corrected chi connectivity index (χ1v) is 8.39. The van der Waals surface area contributed by atoms with Crippen LogP contribution < -0.4 is 0 Å². The number of carboxylic acid groups (broad SMARTS) is 1. The van der Waals surface area contributed by atoms with Gasteiger partial charge in [0.05, 0.1) is 6.20 Å². The third kappa shape index (κ3) is 2.87. The summed E-state index contributed by atoms with van der Waals surface area (Å²) in [6.45, 7) is 1.94. The maximum Gasteiger partial charge on any atom is 0.333 e. The van der Waals surface area contributed by atoms with Crippen molar-refractivity contribution in [1.29, 1.82) is 0 Å². The minimum absolute atomic E-state index is 0.0362. The lowest BCUT2D eigenvalue weighted by Crippen LogP contribution is -2.31. The molecule has 24 heavy (non-hydrogen) atoms. The second-order valence-electron chi connectivity index (χ2n) is 5.39. The highest BCUT2D eigenvalue weighted by Gasteiger charge is 2.43. The third-order valence-corrected chi connectivity index (χ3v) is 5.02. The number of oxazole rings is 1. The van der Waals surface area contributed by atoms with Crippen LogP contribution in [0.4, 0.5) is 0 Å². The van der Waals surface area contributed by atoms with E-state index in [2.05, 4.69) is 33.5 Å². The number of aliphatic carboxylic acids is 1. The van der Waals surface area contributed by atoms with Crippen LogP contribution in [0.15, 0.2) is 63.8 Å². The Bertz CT molecular complexity index is 878. The number of carbonyl (C=O) groups is 1. The number of benzene rings is 2. The zero-order valence-corrected chi connectivity index (χ0v) is 15.2. The van der Waals surface area contributed by atoms with Crippen LogP contribution in [0.3, 0.4) is 0 Å². The van der Waals surface area contributed by atoms with Gasteiger partial charge in [-0.15, -0.1) is 12.6 Å². The number of hydrogen-bond acceptors (Lipinski definition) is 4. The molecule has 0 saturated carbocycles. The molecule has 0 fully saturated rings. The number of aryl methyl sites for hydroxylation is 1. The van der Waals surface area contributed by atoms with Crippen LogP contribution in [0, 0.1) is 6.92 Å². The molecule has 6 heteroatoms. The Kier molecular flexibility index (Phi) is 4.51. The van der Waals surface area contributed by atoms with Gasteiger partial charge in [-0.3, -0.25) is 0 Å². The second-order valence-corrected chi connectivity index (χ2v) is 6.98. The van der Waals surface area contributed by atoms with Crippen LogP contribution in [0.5, 0.6) is 0 Å². The number of nitrogens with zero attached hydrogens (tertiary/aromatic N) is 1. The molecular formula is C18H14BrNO3S. The molecule has 122 valence electrons. The maximum absolute atomic E-state index is 11.8. The molecule has 1 N–H and O–H groups in total. The van der Waals surface area contributed by atoms with E-state index >= 15 is 0 Å². The second kappa shape index (κ2) is 6.45. The Labute approximate surface area is 153 Å². The summed E-state index contributed by atoms with van der Waals surface area (Å²) in [7, 11) is 0. The van der Waals surface area contributed by atoms with E-state index in [1.807, 2.05) is 43.3 Å². The van der Waals surface area contributed by atoms with Gasteiger partial charge in [-0.2, -0.15) is 0 Å². The summed E-state index contributed by atoms with van der Waals surface area (Å²) in [5, 5.41) is 9.68. The van der Waals surface area contributed by atoms with E-state index in [0.717, 1.165) is 21.2 Å². The zero-order valence-electron chi connectivity index (χ0n) is 12.7. The number of aromatic nitrogens is 1. The summed E-state index contributed by atoms with van der Waals surface area (Å²) in [6, 6.07) is 13.4. The largest absolute Gasteiger partial charge is 0.480 e. The van der Waals surface area contributed by atoms with Crippen LogP contribution in [-0.2, 0) is 9.54 Å². The van der Waals surface area contributed by atoms with Crippen molar-refractivity contribution >= 4 is 34.5 Å². The normalized spacial score (nSPS) is 13.5. The Balaban J connectivity index is 2.08. The summed E-state index contributed by atoms with van der Waals surface area (Å²) in [6.07, 6.45) is 2.75. The Morgan fingerprint density at radius 1 is 1.25 bits per heavy atom. The monoisotopic (exact) mass is 403 g/mol. The molecule has 0 aliphatic rings. The fourth-order valence-corrected chi connectivity index (χ4v) is 3.10. The van der Waals surface area contributed by atoms with Gasteiger partial charge in [-0.05, 0) is 41.3 Å². The molecule has 0 bridgehead atoms. The Morgan fingerprint density at radius 2 is 1.96 bits per heavy atom. The standard InChI is InChI=1S/C18H14BrNO3S/c1-11-10-13(18(24,17(21)22)16-20-8-9-23-16)4-7-15(11)12-2-5-14(19)6-3-12/h2-10,24H,1H3,(H,21,22). The summed E-state index contributed by atoms with van der Waals surface area (Å²) >= 11 is 7.80. The van der Waals surface area contributed by atoms with Crippen molar-refractivity contribution in [1.82, 2.24) is 4.98 Å². The van der Waals surface area contributed by atoms with Crippen molar-refractivity contribution in [3.8, 4) is 11.1 Å². The molecule has 0 amide bonds. The minimum atomic E-state index is -1.63. The van der Waals surface area contributed by atoms with Gasteiger partial charge in [0.25, 0.3) is 0 Å². The average molecular weight is 404 g/mol. The van der Waals surface area contributed by atoms with Gasteiger partial charge in [0.15, 0.2) is 0 Å². The van der Waals surface area contributed by atoms with Crippen LogP contribution >= 0.6 is 28.6 Å². The van der Waals surface area contributed by atoms with E-state index in [4.69, 9.17) is 4.42 Å². The van der Waals surface area contributed by atoms with Crippen molar-refractivity contribution < 1.29 is 14.3 Å². The summed E-state index contributed by atoms with van der Waals surface area (Å²) in [5.74, 6) is -1.10. The van der Waals surface area contributed by atoms with Gasteiger partial charge in [0.2, 0.25) is 10.6 Å².